The lowest BCUT2D eigenvalue weighted by molar-refractivity contribution is -0.113. The molecule has 3 rings (SSSR count). The highest BCUT2D eigenvalue weighted by Gasteiger charge is 2.13. The van der Waals surface area contributed by atoms with Crippen LogP contribution in [0.2, 0.25) is 0 Å². The summed E-state index contributed by atoms with van der Waals surface area (Å²) in [4.78, 5) is 12.4. The zero-order valence-corrected chi connectivity index (χ0v) is 16.8. The standard InChI is InChI=1S/C21H18BrN3O2/c1-13-4-7-16(11-19(13)22)20-9-8-18(27-20)10-17(12-23)21(26)24-25-14(2)5-6-15(25)3/h4-11H,1-3H3,(H,24,26)/b17-10-. The Morgan fingerprint density at radius 3 is 2.48 bits per heavy atom. The third-order valence-electron chi connectivity index (χ3n) is 4.22. The van der Waals surface area contributed by atoms with Gasteiger partial charge in [0, 0.05) is 27.5 Å². The Kier molecular flexibility index (Phi) is 5.33. The number of amides is 1. The van der Waals surface area contributed by atoms with E-state index in [1.54, 1.807) is 10.7 Å². The van der Waals surface area contributed by atoms with E-state index in [1.165, 1.54) is 6.08 Å². The predicted octanol–water partition coefficient (Wildman–Crippen LogP) is 5.11. The summed E-state index contributed by atoms with van der Waals surface area (Å²) in [5, 5.41) is 9.38. The highest BCUT2D eigenvalue weighted by molar-refractivity contribution is 9.10. The zero-order valence-electron chi connectivity index (χ0n) is 15.2. The Morgan fingerprint density at radius 2 is 1.85 bits per heavy atom. The molecule has 2 heterocycles. The molecule has 0 fully saturated rings. The molecule has 1 amide bonds. The van der Waals surface area contributed by atoms with Gasteiger partial charge >= 0.3 is 0 Å². The van der Waals surface area contributed by atoms with Gasteiger partial charge in [-0.25, -0.2) is 0 Å². The molecule has 0 aliphatic rings. The number of aromatic nitrogens is 1. The maximum atomic E-state index is 12.4. The van der Waals surface area contributed by atoms with Crippen LogP contribution in [0.3, 0.4) is 0 Å². The second kappa shape index (κ2) is 7.68. The number of hydrogen-bond donors (Lipinski definition) is 1. The van der Waals surface area contributed by atoms with Crippen molar-refractivity contribution in [3.05, 3.63) is 75.2 Å². The third kappa shape index (κ3) is 4.04. The number of halogens is 1. The summed E-state index contributed by atoms with van der Waals surface area (Å²) < 4.78 is 8.43. The van der Waals surface area contributed by atoms with Gasteiger partial charge in [0.05, 0.1) is 0 Å². The van der Waals surface area contributed by atoms with Gasteiger partial charge in [0.15, 0.2) is 0 Å². The van der Waals surface area contributed by atoms with E-state index in [-0.39, 0.29) is 5.57 Å². The summed E-state index contributed by atoms with van der Waals surface area (Å²) >= 11 is 3.51. The Hall–Kier alpha value is -3.04. The van der Waals surface area contributed by atoms with Crippen molar-refractivity contribution in [2.45, 2.75) is 20.8 Å². The number of furan rings is 1. The molecule has 0 saturated carbocycles. The molecule has 0 spiro atoms. The topological polar surface area (TPSA) is 71.0 Å². The van der Waals surface area contributed by atoms with E-state index < -0.39 is 5.91 Å². The van der Waals surface area contributed by atoms with E-state index in [0.717, 1.165) is 27.0 Å². The highest BCUT2D eigenvalue weighted by atomic mass is 79.9. The summed E-state index contributed by atoms with van der Waals surface area (Å²) in [7, 11) is 0. The van der Waals surface area contributed by atoms with Gasteiger partial charge in [-0.1, -0.05) is 28.1 Å². The largest absolute Gasteiger partial charge is 0.457 e. The normalized spacial score (nSPS) is 11.3. The van der Waals surface area contributed by atoms with Gasteiger partial charge in [-0.3, -0.25) is 14.9 Å². The van der Waals surface area contributed by atoms with Crippen molar-refractivity contribution in [2.75, 3.05) is 5.43 Å². The van der Waals surface area contributed by atoms with Crippen LogP contribution in [-0.4, -0.2) is 10.6 Å². The summed E-state index contributed by atoms with van der Waals surface area (Å²) in [6.07, 6.45) is 1.44. The van der Waals surface area contributed by atoms with Crippen molar-refractivity contribution in [1.29, 1.82) is 5.26 Å². The van der Waals surface area contributed by atoms with Crippen molar-refractivity contribution < 1.29 is 9.21 Å². The first-order chi connectivity index (χ1) is 12.9. The third-order valence-corrected chi connectivity index (χ3v) is 5.07. The number of benzene rings is 1. The van der Waals surface area contributed by atoms with Crippen LogP contribution < -0.4 is 5.43 Å². The van der Waals surface area contributed by atoms with E-state index >= 15 is 0 Å². The average Bonchev–Trinajstić information content (AvgIpc) is 3.23. The lowest BCUT2D eigenvalue weighted by Gasteiger charge is -2.10. The molecule has 0 radical (unpaired) electrons. The number of rotatable bonds is 4. The first-order valence-corrected chi connectivity index (χ1v) is 9.13. The quantitative estimate of drug-likeness (QED) is 0.467. The summed E-state index contributed by atoms with van der Waals surface area (Å²) in [6.45, 7) is 5.76. The molecular weight excluding hydrogens is 406 g/mol. The smallest absolute Gasteiger partial charge is 0.280 e. The Balaban J connectivity index is 1.84. The molecule has 1 aromatic carbocycles. The molecule has 0 aliphatic carbocycles. The van der Waals surface area contributed by atoms with Gasteiger partial charge < -0.3 is 4.42 Å². The number of carbonyl (C=O) groups excluding carboxylic acids is 1. The van der Waals surface area contributed by atoms with Crippen LogP contribution in [0.25, 0.3) is 17.4 Å². The van der Waals surface area contributed by atoms with Gasteiger partial charge in [-0.15, -0.1) is 0 Å². The van der Waals surface area contributed by atoms with Crippen LogP contribution in [-0.2, 0) is 4.79 Å². The maximum Gasteiger partial charge on any atom is 0.280 e. The van der Waals surface area contributed by atoms with E-state index in [0.29, 0.717) is 11.5 Å². The van der Waals surface area contributed by atoms with E-state index in [1.807, 2.05) is 63.2 Å². The second-order valence-corrected chi connectivity index (χ2v) is 7.08. The van der Waals surface area contributed by atoms with E-state index in [2.05, 4.69) is 21.4 Å². The lowest BCUT2D eigenvalue weighted by atomic mass is 10.1. The molecule has 0 unspecified atom stereocenters. The fourth-order valence-electron chi connectivity index (χ4n) is 2.63. The molecule has 1 N–H and O–H groups in total. The summed E-state index contributed by atoms with van der Waals surface area (Å²) in [6, 6.07) is 15.2. The molecule has 6 heteroatoms. The van der Waals surface area contributed by atoms with Crippen molar-refractivity contribution in [3.8, 4) is 17.4 Å². The number of nitriles is 1. The van der Waals surface area contributed by atoms with Crippen LogP contribution >= 0.6 is 15.9 Å². The molecule has 27 heavy (non-hydrogen) atoms. The van der Waals surface area contributed by atoms with Crippen molar-refractivity contribution in [3.63, 3.8) is 0 Å². The minimum Gasteiger partial charge on any atom is -0.457 e. The van der Waals surface area contributed by atoms with Gasteiger partial charge in [0.1, 0.15) is 23.2 Å². The van der Waals surface area contributed by atoms with Crippen LogP contribution in [0.4, 0.5) is 0 Å². The number of nitrogens with zero attached hydrogens (tertiary/aromatic N) is 2. The molecule has 3 aromatic rings. The molecule has 0 atom stereocenters. The van der Waals surface area contributed by atoms with E-state index in [4.69, 9.17) is 4.42 Å². The van der Waals surface area contributed by atoms with Crippen molar-refractivity contribution >= 4 is 27.9 Å². The average molecular weight is 424 g/mol. The first-order valence-electron chi connectivity index (χ1n) is 8.33. The van der Waals surface area contributed by atoms with Gasteiger partial charge in [0.25, 0.3) is 5.91 Å². The van der Waals surface area contributed by atoms with Gasteiger partial charge in [-0.2, -0.15) is 5.26 Å². The number of hydrogen-bond acceptors (Lipinski definition) is 3. The number of nitrogens with one attached hydrogen (secondary N) is 1. The molecule has 0 saturated heterocycles. The minimum atomic E-state index is -0.490. The molecule has 2 aromatic heterocycles. The number of aryl methyl sites for hydroxylation is 3. The Labute approximate surface area is 166 Å². The van der Waals surface area contributed by atoms with Gasteiger partial charge in [-0.05, 0) is 56.7 Å². The van der Waals surface area contributed by atoms with Crippen molar-refractivity contribution in [2.24, 2.45) is 0 Å². The molecule has 5 nitrogen and oxygen atoms in total. The monoisotopic (exact) mass is 423 g/mol. The lowest BCUT2D eigenvalue weighted by Crippen LogP contribution is -2.25. The van der Waals surface area contributed by atoms with Crippen LogP contribution in [0, 0.1) is 32.1 Å². The van der Waals surface area contributed by atoms with Crippen LogP contribution in [0.1, 0.15) is 22.7 Å². The predicted molar refractivity (Wildman–Crippen MR) is 108 cm³/mol. The SMILES string of the molecule is Cc1ccc(-c2ccc(/C=C(/C#N)C(=O)Nn3c(C)ccc3C)o2)cc1Br. The van der Waals surface area contributed by atoms with E-state index in [9.17, 15) is 10.1 Å². The van der Waals surface area contributed by atoms with Crippen LogP contribution in [0.5, 0.6) is 0 Å². The molecule has 136 valence electrons. The fourth-order valence-corrected chi connectivity index (χ4v) is 3.01. The van der Waals surface area contributed by atoms with Crippen molar-refractivity contribution in [1.82, 2.24) is 4.68 Å². The molecule has 0 bridgehead atoms. The van der Waals surface area contributed by atoms with Gasteiger partial charge in [0.2, 0.25) is 0 Å². The Morgan fingerprint density at radius 1 is 1.15 bits per heavy atom. The second-order valence-electron chi connectivity index (χ2n) is 6.23. The number of carbonyl (C=O) groups is 1. The fraction of sp³-hybridized carbons (Fsp3) is 0.143. The molecule has 0 aliphatic heterocycles. The van der Waals surface area contributed by atoms with Crippen LogP contribution in [0.15, 0.2) is 56.9 Å². The maximum absolute atomic E-state index is 12.4. The summed E-state index contributed by atoms with van der Waals surface area (Å²) in [5.74, 6) is 0.613. The first kappa shape index (κ1) is 18.7. The zero-order chi connectivity index (χ0) is 19.6. The molecular formula is C21H18BrN3O2. The highest BCUT2D eigenvalue weighted by Crippen LogP contribution is 2.27. The summed E-state index contributed by atoms with van der Waals surface area (Å²) in [5.41, 5.74) is 6.48. The Bertz CT molecular complexity index is 1060. The minimum absolute atomic E-state index is 0.0338.